The number of unbranched alkanes of at least 4 members (excludes halogenated alkanes) is 1. The first-order chi connectivity index (χ1) is 37.4. The van der Waals surface area contributed by atoms with E-state index in [0.717, 1.165) is 16.5 Å². The Bertz CT molecular complexity index is 2720. The fourth-order valence-corrected chi connectivity index (χ4v) is 9.42. The quantitative estimate of drug-likeness (QED) is 0.0337. The number of rotatable bonds is 20. The molecule has 78 heavy (non-hydrogen) atoms. The van der Waals surface area contributed by atoms with Gasteiger partial charge in [0.1, 0.15) is 29.7 Å². The van der Waals surface area contributed by atoms with E-state index in [1.807, 2.05) is 31.2 Å². The number of aromatic amines is 2. The van der Waals surface area contributed by atoms with Crippen LogP contribution in [0, 0.1) is 17.8 Å². The summed E-state index contributed by atoms with van der Waals surface area (Å²) in [6, 6.07) is 11.2. The largest absolute Gasteiger partial charge is 0.370 e. The molecule has 1 aliphatic rings. The first-order valence-corrected chi connectivity index (χ1v) is 26.6. The standard InChI is InChI=1S/C55H75N13O10/c1-3-4-15-42(65-33(2)69)52(76)66-43-20-23-61-50(74)18-17-49(73)60-22-19-36(47(71)28-37(51(56)75)25-38-30-63-41-16-9-8-14-40(38)41)26-46(70)35(13-10-21-62-55(57)58)27-48(72)44(24-34-11-6-5-7-12-34)67-54(78)45(68-53(43)77)29-39-31-59-32-64-39/h5-9,11-12,14,16,30-32,35-37,42-45,63H,3-4,10,13,15,17-29H2,1-2H3,(H2,56,75)(H,59,64)(H,60,73)(H,61,74)(H,65,69)(H,66,76)(H,67,78)(H,68,77)(H4,57,58,62)/t35-,36-,37-,42+,43+,44-,45+/m1/s1. The summed E-state index contributed by atoms with van der Waals surface area (Å²) in [6.45, 7) is 3.02. The molecule has 5 rings (SSSR count). The second-order valence-electron chi connectivity index (χ2n) is 19.8. The lowest BCUT2D eigenvalue weighted by molar-refractivity contribution is -0.135. The molecule has 0 unspecified atom stereocenters. The van der Waals surface area contributed by atoms with Crippen LogP contribution in [-0.2, 0) is 67.2 Å². The van der Waals surface area contributed by atoms with Crippen molar-refractivity contribution in [3.63, 3.8) is 0 Å². The Balaban J connectivity index is 1.51. The lowest BCUT2D eigenvalue weighted by Crippen LogP contribution is -2.58. The number of ketones is 3. The van der Waals surface area contributed by atoms with Gasteiger partial charge in [0.15, 0.2) is 11.7 Å². The van der Waals surface area contributed by atoms with Gasteiger partial charge in [0.2, 0.25) is 41.4 Å². The maximum atomic E-state index is 14.8. The number of hydrogen-bond acceptors (Lipinski definition) is 12. The van der Waals surface area contributed by atoms with Gasteiger partial charge in [0, 0.05) is 112 Å². The topological polar surface area (TPSA) is 378 Å². The molecule has 23 heteroatoms. The van der Waals surface area contributed by atoms with Gasteiger partial charge in [-0.25, -0.2) is 4.98 Å². The number of nitrogens with zero attached hydrogens (tertiary/aromatic N) is 2. The molecule has 7 amide bonds. The zero-order valence-corrected chi connectivity index (χ0v) is 44.4. The Labute approximate surface area is 453 Å². The molecule has 1 aliphatic heterocycles. The van der Waals surface area contributed by atoms with Crippen molar-refractivity contribution in [2.45, 2.75) is 134 Å². The highest BCUT2D eigenvalue weighted by Gasteiger charge is 2.35. The predicted molar refractivity (Wildman–Crippen MR) is 290 cm³/mol. The lowest BCUT2D eigenvalue weighted by atomic mass is 9.81. The molecular weight excluding hydrogens is 1000 g/mol. The van der Waals surface area contributed by atoms with E-state index in [0.29, 0.717) is 24.1 Å². The van der Waals surface area contributed by atoms with Gasteiger partial charge in [-0.05, 0) is 62.1 Å². The van der Waals surface area contributed by atoms with Crippen molar-refractivity contribution in [3.05, 3.63) is 90.1 Å². The Hall–Kier alpha value is -8.24. The summed E-state index contributed by atoms with van der Waals surface area (Å²) in [7, 11) is 0. The van der Waals surface area contributed by atoms with Gasteiger partial charge in [-0.1, -0.05) is 68.3 Å². The number of nitrogens with one attached hydrogen (secondary N) is 8. The van der Waals surface area contributed by atoms with Gasteiger partial charge in [0.25, 0.3) is 0 Å². The minimum absolute atomic E-state index is 0.0303. The lowest BCUT2D eigenvalue weighted by Gasteiger charge is -2.27. The monoisotopic (exact) mass is 1080 g/mol. The van der Waals surface area contributed by atoms with Crippen LogP contribution in [0.25, 0.3) is 10.9 Å². The van der Waals surface area contributed by atoms with E-state index in [2.05, 4.69) is 51.8 Å². The molecule has 1 saturated heterocycles. The number of para-hydroxylation sites is 1. The summed E-state index contributed by atoms with van der Waals surface area (Å²) in [5, 5.41) is 17.1. The summed E-state index contributed by atoms with van der Waals surface area (Å²) in [4.78, 5) is 153. The minimum atomic E-state index is -1.40. The third kappa shape index (κ3) is 20.0. The van der Waals surface area contributed by atoms with Crippen molar-refractivity contribution in [1.29, 1.82) is 0 Å². The van der Waals surface area contributed by atoms with Crippen LogP contribution in [0.3, 0.4) is 0 Å². The van der Waals surface area contributed by atoms with Crippen LogP contribution in [0.1, 0.15) is 108 Å². The molecule has 0 radical (unpaired) electrons. The van der Waals surface area contributed by atoms with Crippen molar-refractivity contribution >= 4 is 75.6 Å². The average molecular weight is 1080 g/mol. The number of aliphatic imine (C=N–C) groups is 1. The fraction of sp³-hybridized carbons (Fsp3) is 0.491. The van der Waals surface area contributed by atoms with Crippen LogP contribution < -0.4 is 49.1 Å². The van der Waals surface area contributed by atoms with Crippen LogP contribution >= 0.6 is 0 Å². The summed E-state index contributed by atoms with van der Waals surface area (Å²) in [5.41, 5.74) is 19.8. The highest BCUT2D eigenvalue weighted by molar-refractivity contribution is 5.98. The Kier molecular flexibility index (Phi) is 24.2. The number of guanidine groups is 1. The molecule has 2 aromatic carbocycles. The predicted octanol–water partition coefficient (Wildman–Crippen LogP) is 1.14. The molecule has 0 aliphatic carbocycles. The zero-order valence-electron chi connectivity index (χ0n) is 44.4. The number of nitrogens with two attached hydrogens (primary N) is 3. The first kappa shape index (κ1) is 60.6. The number of benzene rings is 2. The van der Waals surface area contributed by atoms with Crippen molar-refractivity contribution in [3.8, 4) is 0 Å². The summed E-state index contributed by atoms with van der Waals surface area (Å²) in [5.74, 6) is -9.29. The van der Waals surface area contributed by atoms with E-state index in [1.165, 1.54) is 19.4 Å². The van der Waals surface area contributed by atoms with Crippen LogP contribution in [-0.4, -0.2) is 123 Å². The summed E-state index contributed by atoms with van der Waals surface area (Å²) in [6.07, 6.45) is 4.50. The molecule has 0 bridgehead atoms. The fourth-order valence-electron chi connectivity index (χ4n) is 9.42. The number of hydrogen-bond donors (Lipinski definition) is 11. The second-order valence-corrected chi connectivity index (χ2v) is 19.8. The molecule has 420 valence electrons. The second kappa shape index (κ2) is 31.1. The van der Waals surface area contributed by atoms with Gasteiger partial charge in [-0.2, -0.15) is 0 Å². The Morgan fingerprint density at radius 1 is 0.795 bits per heavy atom. The number of aromatic nitrogens is 3. The molecule has 0 saturated carbocycles. The molecule has 14 N–H and O–H groups in total. The highest BCUT2D eigenvalue weighted by atomic mass is 16.2. The smallest absolute Gasteiger partial charge is 0.243 e. The molecule has 0 spiro atoms. The normalized spacial score (nSPS) is 20.5. The van der Waals surface area contributed by atoms with E-state index in [4.69, 9.17) is 17.2 Å². The average Bonchev–Trinajstić information content (AvgIpc) is 4.09. The van der Waals surface area contributed by atoms with E-state index in [1.54, 1.807) is 36.5 Å². The van der Waals surface area contributed by atoms with Crippen molar-refractivity contribution < 1.29 is 47.9 Å². The number of carbonyl (C=O) groups is 10. The molecule has 23 nitrogen and oxygen atoms in total. The van der Waals surface area contributed by atoms with Crippen molar-refractivity contribution in [1.82, 2.24) is 46.9 Å². The third-order valence-corrected chi connectivity index (χ3v) is 13.7. The van der Waals surface area contributed by atoms with Gasteiger partial charge >= 0.3 is 0 Å². The van der Waals surface area contributed by atoms with Crippen LogP contribution in [0.15, 0.2) is 78.3 Å². The molecule has 1 fully saturated rings. The van der Waals surface area contributed by atoms with Gasteiger partial charge in [0.05, 0.1) is 12.4 Å². The molecule has 2 aromatic heterocycles. The number of primary amides is 1. The molecule has 7 atom stereocenters. The van der Waals surface area contributed by atoms with Gasteiger partial charge in [-0.3, -0.25) is 52.9 Å². The number of carbonyl (C=O) groups excluding carboxylic acids is 10. The number of amides is 7. The number of H-pyrrole nitrogens is 2. The first-order valence-electron chi connectivity index (χ1n) is 26.6. The van der Waals surface area contributed by atoms with Gasteiger partial charge < -0.3 is 59.1 Å². The molecule has 4 aromatic rings. The van der Waals surface area contributed by atoms with Crippen LogP contribution in [0.2, 0.25) is 0 Å². The van der Waals surface area contributed by atoms with E-state index in [9.17, 15) is 47.9 Å². The summed E-state index contributed by atoms with van der Waals surface area (Å²) < 4.78 is 0. The molecular formula is C55H75N13O10. The van der Waals surface area contributed by atoms with E-state index < -0.39 is 107 Å². The Morgan fingerprint density at radius 3 is 2.15 bits per heavy atom. The minimum Gasteiger partial charge on any atom is -0.370 e. The molecule has 3 heterocycles. The van der Waals surface area contributed by atoms with Crippen LogP contribution in [0.5, 0.6) is 0 Å². The maximum absolute atomic E-state index is 14.8. The summed E-state index contributed by atoms with van der Waals surface area (Å²) >= 11 is 0. The maximum Gasteiger partial charge on any atom is 0.243 e. The SMILES string of the molecule is CCCC[C@H](NC(C)=O)C(=O)N[C@H]1CCNC(=O)CCC(=O)NCC[C@@H](C(=O)C[C@@H](Cc2c[nH]c3ccccc23)C(N)=O)CC(=O)[C@H](CCCN=C(N)N)CC(=O)[C@@H](Cc2ccccc2)NC(=O)[C@H](Cc2cnc[nH]2)NC1=O. The van der Waals surface area contributed by atoms with Crippen LogP contribution in [0.4, 0.5) is 0 Å². The zero-order chi connectivity index (χ0) is 56.6. The Morgan fingerprint density at radius 2 is 1.49 bits per heavy atom. The number of imidazole rings is 1. The third-order valence-electron chi connectivity index (χ3n) is 13.7. The van der Waals surface area contributed by atoms with E-state index in [-0.39, 0.29) is 103 Å². The number of fused-ring (bicyclic) bond motifs is 1. The van der Waals surface area contributed by atoms with E-state index >= 15 is 0 Å². The van der Waals surface area contributed by atoms with Crippen molar-refractivity contribution in [2.24, 2.45) is 39.9 Å². The number of Topliss-reactive ketones (excluding diaryl/α,β-unsaturated/α-hetero) is 3. The van der Waals surface area contributed by atoms with Crippen molar-refractivity contribution in [2.75, 3.05) is 19.6 Å². The highest BCUT2D eigenvalue weighted by Crippen LogP contribution is 2.27. The van der Waals surface area contributed by atoms with Gasteiger partial charge in [-0.15, -0.1) is 0 Å².